The van der Waals surface area contributed by atoms with Crippen molar-refractivity contribution in [2.75, 3.05) is 7.05 Å². The minimum atomic E-state index is -0.310. The van der Waals surface area contributed by atoms with Gasteiger partial charge in [-0.15, -0.1) is 0 Å². The van der Waals surface area contributed by atoms with Crippen LogP contribution in [0.5, 0.6) is 0 Å². The van der Waals surface area contributed by atoms with Gasteiger partial charge in [-0.25, -0.2) is 14.1 Å². The molecule has 0 atom stereocenters. The third-order valence-electron chi connectivity index (χ3n) is 4.69. The summed E-state index contributed by atoms with van der Waals surface area (Å²) in [5, 5.41) is 13.4. The summed E-state index contributed by atoms with van der Waals surface area (Å²) < 4.78 is 17.4. The zero-order chi connectivity index (χ0) is 20.2. The molecule has 29 heavy (non-hydrogen) atoms. The Kier molecular flexibility index (Phi) is 5.16. The van der Waals surface area contributed by atoms with Crippen LogP contribution in [0.3, 0.4) is 0 Å². The van der Waals surface area contributed by atoms with E-state index in [2.05, 4.69) is 20.7 Å². The van der Waals surface area contributed by atoms with Gasteiger partial charge >= 0.3 is 0 Å². The Labute approximate surface area is 167 Å². The van der Waals surface area contributed by atoms with Crippen molar-refractivity contribution >= 4 is 17.2 Å². The second-order valence-electron chi connectivity index (χ2n) is 6.61. The molecule has 7 heteroatoms. The van der Waals surface area contributed by atoms with E-state index in [0.717, 1.165) is 28.1 Å². The molecule has 2 heterocycles. The number of aromatic nitrogens is 4. The zero-order valence-corrected chi connectivity index (χ0v) is 16.0. The van der Waals surface area contributed by atoms with Crippen LogP contribution in [0.15, 0.2) is 59.7 Å². The summed E-state index contributed by atoms with van der Waals surface area (Å²) in [4.78, 5) is 8.87. The molecule has 0 spiro atoms. The second kappa shape index (κ2) is 8.07. The fourth-order valence-electron chi connectivity index (χ4n) is 3.44. The quantitative estimate of drug-likeness (QED) is 0.472. The van der Waals surface area contributed by atoms with Gasteiger partial charge in [-0.05, 0) is 42.0 Å². The molecule has 0 bridgehead atoms. The molecule has 0 saturated carbocycles. The van der Waals surface area contributed by atoms with Crippen LogP contribution in [0.25, 0.3) is 16.7 Å². The maximum atomic E-state index is 13.7. The minimum absolute atomic E-state index is 0.310. The number of hydrogen-bond donors (Lipinski definition) is 0. The maximum absolute atomic E-state index is 13.7. The minimum Gasteiger partial charge on any atom is -0.327 e. The lowest BCUT2D eigenvalue weighted by Gasteiger charge is -2.10. The monoisotopic (exact) mass is 386 g/mol. The molecule has 0 aliphatic heterocycles. The normalized spacial score (nSPS) is 11.3. The average molecular weight is 386 g/mol. The lowest BCUT2D eigenvalue weighted by atomic mass is 10.2. The summed E-state index contributed by atoms with van der Waals surface area (Å²) >= 11 is 0. The van der Waals surface area contributed by atoms with Gasteiger partial charge in [0.25, 0.3) is 0 Å². The molecular formula is C22H19FN6. The molecule has 4 rings (SSSR count). The van der Waals surface area contributed by atoms with Gasteiger partial charge in [0.1, 0.15) is 11.6 Å². The van der Waals surface area contributed by atoms with E-state index in [1.54, 1.807) is 30.2 Å². The van der Waals surface area contributed by atoms with Gasteiger partial charge in [0.2, 0.25) is 0 Å². The predicted octanol–water partition coefficient (Wildman–Crippen LogP) is 3.91. The van der Waals surface area contributed by atoms with E-state index in [-0.39, 0.29) is 5.82 Å². The number of imidazole rings is 1. The van der Waals surface area contributed by atoms with Gasteiger partial charge in [0.05, 0.1) is 34.9 Å². The van der Waals surface area contributed by atoms with Gasteiger partial charge in [-0.2, -0.15) is 10.4 Å². The van der Waals surface area contributed by atoms with Crippen molar-refractivity contribution in [1.82, 2.24) is 19.3 Å². The van der Waals surface area contributed by atoms with Crippen molar-refractivity contribution in [3.05, 3.63) is 77.6 Å². The Morgan fingerprint density at radius 1 is 1.21 bits per heavy atom. The number of halogens is 1. The molecule has 0 radical (unpaired) electrons. The number of fused-ring (bicyclic) bond motifs is 1. The van der Waals surface area contributed by atoms with Gasteiger partial charge < -0.3 is 4.57 Å². The van der Waals surface area contributed by atoms with Crippen molar-refractivity contribution in [2.24, 2.45) is 4.99 Å². The Morgan fingerprint density at radius 2 is 2.10 bits per heavy atom. The largest absolute Gasteiger partial charge is 0.327 e. The number of rotatable bonds is 6. The molecule has 6 nitrogen and oxygen atoms in total. The molecule has 0 N–H and O–H groups in total. The van der Waals surface area contributed by atoms with Gasteiger partial charge in [-0.3, -0.25) is 4.99 Å². The Hall–Kier alpha value is -3.79. The van der Waals surface area contributed by atoms with Crippen molar-refractivity contribution in [2.45, 2.75) is 19.4 Å². The Balaban J connectivity index is 1.76. The third-order valence-corrected chi connectivity index (χ3v) is 4.69. The van der Waals surface area contributed by atoms with Crippen LogP contribution in [-0.2, 0) is 13.0 Å². The van der Waals surface area contributed by atoms with Crippen LogP contribution in [-0.4, -0.2) is 32.6 Å². The number of benzene rings is 2. The molecule has 4 aromatic rings. The van der Waals surface area contributed by atoms with Crippen molar-refractivity contribution in [3.8, 4) is 11.8 Å². The van der Waals surface area contributed by atoms with Crippen LogP contribution in [0, 0.1) is 17.1 Å². The van der Waals surface area contributed by atoms with Crippen LogP contribution >= 0.6 is 0 Å². The molecule has 0 aliphatic carbocycles. The van der Waals surface area contributed by atoms with Crippen molar-refractivity contribution in [1.29, 1.82) is 5.26 Å². The molecule has 2 aromatic heterocycles. The fraction of sp³-hybridized carbons (Fsp3) is 0.182. The highest BCUT2D eigenvalue weighted by Crippen LogP contribution is 2.21. The lowest BCUT2D eigenvalue weighted by Crippen LogP contribution is -2.08. The van der Waals surface area contributed by atoms with E-state index < -0.39 is 0 Å². The highest BCUT2D eigenvalue weighted by Gasteiger charge is 2.15. The number of aliphatic imine (C=N–C) groups is 1. The molecule has 0 amide bonds. The predicted molar refractivity (Wildman–Crippen MR) is 110 cm³/mol. The van der Waals surface area contributed by atoms with Crippen molar-refractivity contribution < 1.29 is 4.39 Å². The summed E-state index contributed by atoms with van der Waals surface area (Å²) in [6, 6.07) is 16.4. The SMILES string of the molecule is CN=Cc1ccc2c(c1)nc(Cc1ccnn1-c1cccc(F)c1)n2CCC#N. The molecule has 2 aromatic carbocycles. The highest BCUT2D eigenvalue weighted by molar-refractivity contribution is 5.87. The molecular weight excluding hydrogens is 367 g/mol. The fourth-order valence-corrected chi connectivity index (χ4v) is 3.44. The van der Waals surface area contributed by atoms with Crippen molar-refractivity contribution in [3.63, 3.8) is 0 Å². The Morgan fingerprint density at radius 3 is 2.90 bits per heavy atom. The lowest BCUT2D eigenvalue weighted by molar-refractivity contribution is 0.624. The van der Waals surface area contributed by atoms with Crippen LogP contribution < -0.4 is 0 Å². The summed E-state index contributed by atoms with van der Waals surface area (Å²) in [6.07, 6.45) is 4.37. The number of nitriles is 1. The van der Waals surface area contributed by atoms with Gasteiger partial charge in [-0.1, -0.05) is 12.1 Å². The summed E-state index contributed by atoms with van der Waals surface area (Å²) in [5.41, 5.74) is 4.35. The van der Waals surface area contributed by atoms with E-state index >= 15 is 0 Å². The number of nitrogens with zero attached hydrogens (tertiary/aromatic N) is 6. The summed E-state index contributed by atoms with van der Waals surface area (Å²) in [5.74, 6) is 0.523. The highest BCUT2D eigenvalue weighted by atomic mass is 19.1. The van der Waals surface area contributed by atoms with Gasteiger partial charge in [0, 0.05) is 32.4 Å². The first-order valence-corrected chi connectivity index (χ1v) is 9.26. The van der Waals surface area contributed by atoms with E-state index in [0.29, 0.717) is 25.1 Å². The van der Waals surface area contributed by atoms with Gasteiger partial charge in [0.15, 0.2) is 0 Å². The molecule has 0 unspecified atom stereocenters. The second-order valence-corrected chi connectivity index (χ2v) is 6.61. The van der Waals surface area contributed by atoms with E-state index in [1.165, 1.54) is 12.1 Å². The first-order chi connectivity index (χ1) is 14.2. The smallest absolute Gasteiger partial charge is 0.125 e. The first-order valence-electron chi connectivity index (χ1n) is 9.26. The maximum Gasteiger partial charge on any atom is 0.125 e. The van der Waals surface area contributed by atoms with Crippen LogP contribution in [0.1, 0.15) is 23.5 Å². The summed E-state index contributed by atoms with van der Waals surface area (Å²) in [6.45, 7) is 0.553. The summed E-state index contributed by atoms with van der Waals surface area (Å²) in [7, 11) is 1.73. The van der Waals surface area contributed by atoms with Crippen LogP contribution in [0.2, 0.25) is 0 Å². The van der Waals surface area contributed by atoms with Crippen LogP contribution in [0.4, 0.5) is 4.39 Å². The third kappa shape index (κ3) is 3.78. The molecule has 0 aliphatic rings. The standard InChI is InChI=1S/C22H19FN6/c1-25-15-16-6-7-21-20(12-16)27-22(28(21)11-3-9-24)14-19-8-10-26-29(19)18-5-2-4-17(23)13-18/h2,4-8,10,12-13,15H,3,11,14H2,1H3. The zero-order valence-electron chi connectivity index (χ0n) is 16.0. The molecule has 0 saturated heterocycles. The van der Waals surface area contributed by atoms with E-state index in [4.69, 9.17) is 10.2 Å². The van der Waals surface area contributed by atoms with E-state index in [9.17, 15) is 4.39 Å². The molecule has 0 fully saturated rings. The average Bonchev–Trinajstić information content (AvgIpc) is 3.31. The molecule has 144 valence electrons. The first kappa shape index (κ1) is 18.6. The Bertz CT molecular complexity index is 1230. The topological polar surface area (TPSA) is 71.8 Å². The number of hydrogen-bond acceptors (Lipinski definition) is 4. The number of aryl methyl sites for hydroxylation is 1. The van der Waals surface area contributed by atoms with E-state index in [1.807, 2.05) is 30.3 Å².